The van der Waals surface area contributed by atoms with Crippen molar-refractivity contribution in [3.05, 3.63) is 29.3 Å². The van der Waals surface area contributed by atoms with E-state index in [9.17, 15) is 49.1 Å². The first-order chi connectivity index (χ1) is 20.6. The van der Waals surface area contributed by atoms with Crippen LogP contribution in [0.3, 0.4) is 0 Å². The summed E-state index contributed by atoms with van der Waals surface area (Å²) in [6.45, 7) is 5.17. The van der Waals surface area contributed by atoms with Crippen molar-refractivity contribution in [1.29, 1.82) is 0 Å². The Morgan fingerprint density at radius 1 is 0.933 bits per heavy atom. The fourth-order valence-electron chi connectivity index (χ4n) is 6.86. The van der Waals surface area contributed by atoms with Gasteiger partial charge in [0, 0.05) is 50.5 Å². The summed E-state index contributed by atoms with van der Waals surface area (Å²) in [5.74, 6) is -0.698. The fraction of sp³-hybridized carbons (Fsp3) is 0.724. The first-order valence-electron chi connectivity index (χ1n) is 14.5. The van der Waals surface area contributed by atoms with Gasteiger partial charge >= 0.3 is 30.6 Å². The number of anilines is 1. The second-order valence-electron chi connectivity index (χ2n) is 12.8. The number of rotatable bonds is 5. The molecule has 3 saturated heterocycles. The van der Waals surface area contributed by atoms with Crippen LogP contribution in [0, 0.1) is 11.3 Å². The van der Waals surface area contributed by atoms with Crippen LogP contribution in [0.4, 0.5) is 50.0 Å². The molecule has 1 amide bonds. The maximum absolute atomic E-state index is 13.7. The minimum Gasteiger partial charge on any atom is -0.469 e. The number of hydrogen-bond acceptors (Lipinski definition) is 6. The largest absolute Gasteiger partial charge is 0.469 e. The van der Waals surface area contributed by atoms with E-state index in [1.807, 2.05) is 18.7 Å². The molecule has 0 aromatic heterocycles. The number of piperidine rings is 2. The number of carbonyl (C=O) groups excluding carboxylic acids is 2. The monoisotopic (exact) mass is 661 g/mol. The van der Waals surface area contributed by atoms with Gasteiger partial charge in [-0.3, -0.25) is 9.69 Å². The summed E-state index contributed by atoms with van der Waals surface area (Å²) in [5, 5.41) is 0. The van der Waals surface area contributed by atoms with Crippen LogP contribution in [0.25, 0.3) is 0 Å². The van der Waals surface area contributed by atoms with Gasteiger partial charge in [0.05, 0.1) is 18.6 Å². The number of hydrogen-bond donors (Lipinski definition) is 0. The van der Waals surface area contributed by atoms with Gasteiger partial charge < -0.3 is 19.3 Å². The predicted molar refractivity (Wildman–Crippen MR) is 143 cm³/mol. The maximum atomic E-state index is 13.7. The van der Waals surface area contributed by atoms with E-state index in [0.29, 0.717) is 63.0 Å². The number of halogens is 9. The van der Waals surface area contributed by atoms with Gasteiger partial charge in [0.25, 0.3) is 6.10 Å². The highest BCUT2D eigenvalue weighted by atomic mass is 19.4. The number of nitrogens with zero attached hydrogens (tertiary/aromatic N) is 3. The second kappa shape index (κ2) is 12.4. The van der Waals surface area contributed by atoms with Crippen molar-refractivity contribution in [2.24, 2.45) is 11.3 Å². The highest BCUT2D eigenvalue weighted by Crippen LogP contribution is 2.49. The third kappa shape index (κ3) is 7.91. The lowest BCUT2D eigenvalue weighted by Crippen LogP contribution is -2.50. The summed E-state index contributed by atoms with van der Waals surface area (Å²) in [7, 11) is 1.29. The lowest BCUT2D eigenvalue weighted by molar-refractivity contribution is -0.308. The number of alkyl halides is 9. The van der Waals surface area contributed by atoms with Crippen molar-refractivity contribution in [1.82, 2.24) is 9.80 Å². The van der Waals surface area contributed by atoms with E-state index in [-0.39, 0.29) is 31.5 Å². The zero-order chi connectivity index (χ0) is 33.6. The van der Waals surface area contributed by atoms with Gasteiger partial charge in [-0.05, 0) is 69.1 Å². The third-order valence-electron chi connectivity index (χ3n) is 9.23. The molecule has 45 heavy (non-hydrogen) atoms. The minimum absolute atomic E-state index is 0.105. The average molecular weight is 662 g/mol. The summed E-state index contributed by atoms with van der Waals surface area (Å²) in [4.78, 5) is 29.1. The molecule has 3 aliphatic rings. The van der Waals surface area contributed by atoms with Crippen molar-refractivity contribution in [2.75, 3.05) is 44.7 Å². The first-order valence-corrected chi connectivity index (χ1v) is 14.5. The molecule has 1 aromatic rings. The molecule has 1 spiro atoms. The van der Waals surface area contributed by atoms with E-state index in [1.54, 1.807) is 0 Å². The van der Waals surface area contributed by atoms with E-state index < -0.39 is 47.2 Å². The van der Waals surface area contributed by atoms with Gasteiger partial charge in [0.15, 0.2) is 0 Å². The molecule has 0 aliphatic carbocycles. The van der Waals surface area contributed by atoms with Crippen molar-refractivity contribution in [3.63, 3.8) is 0 Å². The van der Waals surface area contributed by atoms with Gasteiger partial charge in [-0.25, -0.2) is 4.79 Å². The van der Waals surface area contributed by atoms with E-state index in [0.717, 1.165) is 17.0 Å². The van der Waals surface area contributed by atoms with E-state index in [4.69, 9.17) is 4.74 Å². The Morgan fingerprint density at radius 2 is 1.51 bits per heavy atom. The van der Waals surface area contributed by atoms with Crippen molar-refractivity contribution >= 4 is 17.7 Å². The zero-order valence-electron chi connectivity index (χ0n) is 25.0. The number of amides is 1. The van der Waals surface area contributed by atoms with Gasteiger partial charge in [0.2, 0.25) is 0 Å². The standard InChI is InChI=1S/C29H36F9N3O4/c1-25(2)16-26(8-12-40(13-9-26)24(43)45-23(28(33,34)35)29(36,37)38)17-41(25)15-19-4-5-20(27(30,31)32)14-21(19)39-10-6-18(7-11-39)22(42)44-3/h4-5,14,18,23H,6-13,15-17H2,1-3H3. The lowest BCUT2D eigenvalue weighted by atomic mass is 9.74. The summed E-state index contributed by atoms with van der Waals surface area (Å²) in [5.41, 5.74) is -0.620. The molecule has 1 aromatic carbocycles. The van der Waals surface area contributed by atoms with Crippen LogP contribution < -0.4 is 4.90 Å². The second-order valence-corrected chi connectivity index (χ2v) is 12.8. The molecule has 4 rings (SSSR count). The molecule has 0 atom stereocenters. The molecule has 3 fully saturated rings. The zero-order valence-corrected chi connectivity index (χ0v) is 25.0. The Morgan fingerprint density at radius 3 is 2.02 bits per heavy atom. The Hall–Kier alpha value is -2.91. The fourth-order valence-corrected chi connectivity index (χ4v) is 6.86. The van der Waals surface area contributed by atoms with E-state index in [1.165, 1.54) is 13.2 Å². The Labute approximate surface area is 254 Å². The first kappa shape index (κ1) is 35.0. The van der Waals surface area contributed by atoms with Crippen LogP contribution in [0.5, 0.6) is 0 Å². The van der Waals surface area contributed by atoms with Crippen LogP contribution in [-0.2, 0) is 27.0 Å². The highest BCUT2D eigenvalue weighted by Gasteiger charge is 2.60. The molecule has 0 saturated carbocycles. The topological polar surface area (TPSA) is 62.3 Å². The van der Waals surface area contributed by atoms with Crippen molar-refractivity contribution in [3.8, 4) is 0 Å². The van der Waals surface area contributed by atoms with Gasteiger partial charge in [-0.2, -0.15) is 39.5 Å². The van der Waals surface area contributed by atoms with Crippen LogP contribution in [0.1, 0.15) is 57.1 Å². The van der Waals surface area contributed by atoms with Crippen LogP contribution in [0.2, 0.25) is 0 Å². The number of likely N-dealkylation sites (tertiary alicyclic amines) is 2. The number of ether oxygens (including phenoxy) is 2. The molecular formula is C29H36F9N3O4. The van der Waals surface area contributed by atoms with Crippen molar-refractivity contribution in [2.45, 2.75) is 82.7 Å². The van der Waals surface area contributed by atoms with Gasteiger partial charge in [-0.15, -0.1) is 0 Å². The molecule has 0 unspecified atom stereocenters. The predicted octanol–water partition coefficient (Wildman–Crippen LogP) is 6.79. The average Bonchev–Trinajstić information content (AvgIpc) is 3.18. The molecule has 0 radical (unpaired) electrons. The van der Waals surface area contributed by atoms with Gasteiger partial charge in [0.1, 0.15) is 0 Å². The lowest BCUT2D eigenvalue weighted by Gasteiger charge is -2.39. The molecule has 16 heteroatoms. The minimum atomic E-state index is -5.81. The Bertz CT molecular complexity index is 1220. The maximum Gasteiger partial charge on any atom is 0.434 e. The summed E-state index contributed by atoms with van der Waals surface area (Å²) < 4.78 is 127. The van der Waals surface area contributed by atoms with Crippen LogP contribution in [-0.4, -0.2) is 85.7 Å². The summed E-state index contributed by atoms with van der Waals surface area (Å²) in [6.07, 6.45) is -20.1. The van der Waals surface area contributed by atoms with Crippen molar-refractivity contribution < 1.29 is 58.6 Å². The van der Waals surface area contributed by atoms with Crippen LogP contribution in [0.15, 0.2) is 18.2 Å². The van der Waals surface area contributed by atoms with Crippen LogP contribution >= 0.6 is 0 Å². The number of benzene rings is 1. The SMILES string of the molecule is COC(=O)C1CCN(c2cc(C(F)(F)F)ccc2CN2CC3(CCN(C(=O)OC(C(F)(F)F)C(F)(F)F)CC3)CC2(C)C)CC1. The summed E-state index contributed by atoms with van der Waals surface area (Å²) in [6, 6.07) is 3.59. The number of carbonyl (C=O) groups is 2. The third-order valence-corrected chi connectivity index (χ3v) is 9.23. The number of esters is 1. The van der Waals surface area contributed by atoms with E-state index >= 15 is 0 Å². The molecular weight excluding hydrogens is 625 g/mol. The Balaban J connectivity index is 1.47. The molecule has 0 N–H and O–H groups in total. The molecule has 7 nitrogen and oxygen atoms in total. The van der Waals surface area contributed by atoms with E-state index in [2.05, 4.69) is 9.64 Å². The molecule has 0 bridgehead atoms. The molecule has 3 aliphatic heterocycles. The molecule has 3 heterocycles. The smallest absolute Gasteiger partial charge is 0.434 e. The van der Waals surface area contributed by atoms with Gasteiger partial charge in [-0.1, -0.05) is 6.07 Å². The Kier molecular flexibility index (Phi) is 9.60. The molecule has 254 valence electrons. The highest BCUT2D eigenvalue weighted by molar-refractivity contribution is 5.73. The number of methoxy groups -OCH3 is 1. The normalized spacial score (nSPS) is 21.4. The summed E-state index contributed by atoms with van der Waals surface area (Å²) >= 11 is 0. The quantitative estimate of drug-likeness (QED) is 0.256.